The monoisotopic (exact) mass is 353 g/mol. The van der Waals surface area contributed by atoms with Crippen molar-refractivity contribution in [2.75, 3.05) is 6.54 Å². The molecule has 2 aromatic rings. The van der Waals surface area contributed by atoms with Crippen molar-refractivity contribution < 1.29 is 13.2 Å². The highest BCUT2D eigenvalue weighted by atomic mass is 35.5. The molecule has 2 rings (SSSR count). The van der Waals surface area contributed by atoms with Gasteiger partial charge in [0.1, 0.15) is 0 Å². The van der Waals surface area contributed by atoms with Crippen LogP contribution in [-0.2, 0) is 21.4 Å². The van der Waals surface area contributed by atoms with Gasteiger partial charge in [-0.3, -0.25) is 9.78 Å². The minimum atomic E-state index is -3.67. The van der Waals surface area contributed by atoms with Gasteiger partial charge in [-0.2, -0.15) is 0 Å². The average Bonchev–Trinajstić information content (AvgIpc) is 2.54. The average molecular weight is 354 g/mol. The van der Waals surface area contributed by atoms with Crippen LogP contribution in [0.25, 0.3) is 0 Å². The Morgan fingerprint density at radius 2 is 1.91 bits per heavy atom. The second kappa shape index (κ2) is 8.05. The van der Waals surface area contributed by atoms with Gasteiger partial charge >= 0.3 is 0 Å². The van der Waals surface area contributed by atoms with E-state index in [4.69, 9.17) is 11.6 Å². The van der Waals surface area contributed by atoms with Gasteiger partial charge in [-0.05, 0) is 35.9 Å². The number of nitrogens with one attached hydrogen (secondary N) is 2. The largest absolute Gasteiger partial charge is 0.352 e. The first kappa shape index (κ1) is 17.4. The second-order valence-corrected chi connectivity index (χ2v) is 6.94. The zero-order valence-electron chi connectivity index (χ0n) is 12.2. The summed E-state index contributed by atoms with van der Waals surface area (Å²) in [6, 6.07) is 9.53. The quantitative estimate of drug-likeness (QED) is 0.793. The summed E-state index contributed by atoms with van der Waals surface area (Å²) in [6.07, 6.45) is 3.33. The predicted octanol–water partition coefficient (Wildman–Crippen LogP) is 1.72. The summed E-state index contributed by atoms with van der Waals surface area (Å²) in [5.74, 6) is -0.240. The molecule has 0 fully saturated rings. The molecule has 0 spiro atoms. The van der Waals surface area contributed by atoms with Crippen molar-refractivity contribution >= 4 is 27.5 Å². The fraction of sp³-hybridized carbons (Fsp3) is 0.200. The maximum atomic E-state index is 12.0. The van der Waals surface area contributed by atoms with Crippen LogP contribution >= 0.6 is 11.6 Å². The van der Waals surface area contributed by atoms with Crippen LogP contribution in [0.15, 0.2) is 53.7 Å². The van der Waals surface area contributed by atoms with Gasteiger partial charge in [0.2, 0.25) is 15.9 Å². The summed E-state index contributed by atoms with van der Waals surface area (Å²) in [5.41, 5.74) is 0.924. The molecule has 0 saturated heterocycles. The Kier molecular flexibility index (Phi) is 6.09. The lowest BCUT2D eigenvalue weighted by Crippen LogP contribution is -2.30. The molecule has 1 heterocycles. The van der Waals surface area contributed by atoms with E-state index in [0.717, 1.165) is 5.56 Å². The highest BCUT2D eigenvalue weighted by molar-refractivity contribution is 7.89. The van der Waals surface area contributed by atoms with E-state index in [0.29, 0.717) is 11.6 Å². The fourth-order valence-corrected chi connectivity index (χ4v) is 3.14. The van der Waals surface area contributed by atoms with Gasteiger partial charge < -0.3 is 5.32 Å². The van der Waals surface area contributed by atoms with Crippen molar-refractivity contribution in [3.8, 4) is 0 Å². The maximum absolute atomic E-state index is 12.0. The number of benzene rings is 1. The number of rotatable bonds is 7. The number of nitrogens with zero attached hydrogens (tertiary/aromatic N) is 1. The number of aromatic nitrogens is 1. The molecule has 0 saturated carbocycles. The number of halogens is 1. The second-order valence-electron chi connectivity index (χ2n) is 4.74. The molecule has 1 aromatic heterocycles. The van der Waals surface area contributed by atoms with Crippen molar-refractivity contribution in [1.82, 2.24) is 15.0 Å². The van der Waals surface area contributed by atoms with Crippen LogP contribution in [0.4, 0.5) is 0 Å². The Morgan fingerprint density at radius 3 is 2.61 bits per heavy atom. The molecular formula is C15H16ClN3O3S. The van der Waals surface area contributed by atoms with Crippen molar-refractivity contribution in [2.45, 2.75) is 17.9 Å². The number of carbonyl (C=O) groups excluding carboxylic acids is 1. The highest BCUT2D eigenvalue weighted by Crippen LogP contribution is 2.14. The van der Waals surface area contributed by atoms with Gasteiger partial charge in [-0.1, -0.05) is 17.7 Å². The molecule has 0 bridgehead atoms. The van der Waals surface area contributed by atoms with Crippen LogP contribution < -0.4 is 10.0 Å². The van der Waals surface area contributed by atoms with Gasteiger partial charge in [0.15, 0.2) is 0 Å². The zero-order chi connectivity index (χ0) is 16.7. The SMILES string of the molecule is O=C(CCNS(=O)(=O)c1cccc(Cl)c1)NCc1ccncc1. The van der Waals surface area contributed by atoms with Gasteiger partial charge in [0, 0.05) is 36.9 Å². The predicted molar refractivity (Wildman–Crippen MR) is 87.3 cm³/mol. The molecule has 2 N–H and O–H groups in total. The van der Waals surface area contributed by atoms with Crippen molar-refractivity contribution in [3.63, 3.8) is 0 Å². The number of hydrogen-bond acceptors (Lipinski definition) is 4. The molecule has 0 radical (unpaired) electrons. The van der Waals surface area contributed by atoms with Gasteiger partial charge in [0.25, 0.3) is 0 Å². The molecule has 0 atom stereocenters. The summed E-state index contributed by atoms with van der Waals surface area (Å²) in [5, 5.41) is 3.05. The summed E-state index contributed by atoms with van der Waals surface area (Å²) < 4.78 is 26.4. The van der Waals surface area contributed by atoms with Gasteiger partial charge in [0.05, 0.1) is 4.90 Å². The molecular weight excluding hydrogens is 338 g/mol. The number of pyridine rings is 1. The molecule has 1 amide bonds. The minimum Gasteiger partial charge on any atom is -0.352 e. The number of amides is 1. The van der Waals surface area contributed by atoms with Crippen molar-refractivity contribution in [2.24, 2.45) is 0 Å². The lowest BCUT2D eigenvalue weighted by Gasteiger charge is -2.08. The standard InChI is InChI=1S/C15H16ClN3O3S/c16-13-2-1-3-14(10-13)23(21,22)19-9-6-15(20)18-11-12-4-7-17-8-5-12/h1-5,7-8,10,19H,6,9,11H2,(H,18,20). The Bertz CT molecular complexity index is 767. The fourth-order valence-electron chi connectivity index (χ4n) is 1.81. The Balaban J connectivity index is 1.79. The topological polar surface area (TPSA) is 88.2 Å². The van der Waals surface area contributed by atoms with E-state index in [9.17, 15) is 13.2 Å². The van der Waals surface area contributed by atoms with E-state index in [-0.39, 0.29) is 23.8 Å². The molecule has 0 aliphatic carbocycles. The van der Waals surface area contributed by atoms with E-state index in [1.807, 2.05) is 0 Å². The van der Waals surface area contributed by atoms with Gasteiger partial charge in [-0.15, -0.1) is 0 Å². The van der Waals surface area contributed by atoms with Crippen molar-refractivity contribution in [3.05, 3.63) is 59.4 Å². The summed E-state index contributed by atoms with van der Waals surface area (Å²) in [7, 11) is -3.67. The van der Waals surface area contributed by atoms with E-state index in [1.165, 1.54) is 12.1 Å². The Labute approximate surface area is 139 Å². The molecule has 0 unspecified atom stereocenters. The van der Waals surface area contributed by atoms with Crippen LogP contribution in [-0.4, -0.2) is 25.9 Å². The summed E-state index contributed by atoms with van der Waals surface area (Å²) in [6.45, 7) is 0.388. The third kappa shape index (κ3) is 5.63. The van der Waals surface area contributed by atoms with E-state index >= 15 is 0 Å². The lowest BCUT2D eigenvalue weighted by molar-refractivity contribution is -0.121. The third-order valence-electron chi connectivity index (χ3n) is 2.99. The number of sulfonamides is 1. The molecule has 0 aliphatic rings. The molecule has 122 valence electrons. The highest BCUT2D eigenvalue weighted by Gasteiger charge is 2.14. The smallest absolute Gasteiger partial charge is 0.240 e. The number of hydrogen-bond donors (Lipinski definition) is 2. The Hall–Kier alpha value is -1.96. The first-order valence-corrected chi connectivity index (χ1v) is 8.74. The molecule has 23 heavy (non-hydrogen) atoms. The van der Waals surface area contributed by atoms with Crippen LogP contribution in [0, 0.1) is 0 Å². The van der Waals surface area contributed by atoms with Gasteiger partial charge in [-0.25, -0.2) is 13.1 Å². The van der Waals surface area contributed by atoms with E-state index < -0.39 is 10.0 Å². The van der Waals surface area contributed by atoms with Crippen LogP contribution in [0.3, 0.4) is 0 Å². The Morgan fingerprint density at radius 1 is 1.17 bits per heavy atom. The first-order valence-electron chi connectivity index (χ1n) is 6.88. The van der Waals surface area contributed by atoms with Crippen LogP contribution in [0.1, 0.15) is 12.0 Å². The first-order chi connectivity index (χ1) is 11.0. The summed E-state index contributed by atoms with van der Waals surface area (Å²) in [4.78, 5) is 15.7. The normalized spacial score (nSPS) is 11.2. The molecule has 6 nitrogen and oxygen atoms in total. The zero-order valence-corrected chi connectivity index (χ0v) is 13.8. The lowest BCUT2D eigenvalue weighted by atomic mass is 10.2. The molecule has 0 aliphatic heterocycles. The van der Waals surface area contributed by atoms with E-state index in [2.05, 4.69) is 15.0 Å². The number of carbonyl (C=O) groups is 1. The molecule has 1 aromatic carbocycles. The summed E-state index contributed by atoms with van der Waals surface area (Å²) >= 11 is 5.77. The van der Waals surface area contributed by atoms with Crippen LogP contribution in [0.5, 0.6) is 0 Å². The van der Waals surface area contributed by atoms with Crippen LogP contribution in [0.2, 0.25) is 5.02 Å². The molecule has 8 heteroatoms. The minimum absolute atomic E-state index is 0.0109. The van der Waals surface area contributed by atoms with E-state index in [1.54, 1.807) is 36.7 Å². The third-order valence-corrected chi connectivity index (χ3v) is 4.68. The maximum Gasteiger partial charge on any atom is 0.240 e. The van der Waals surface area contributed by atoms with Crippen molar-refractivity contribution in [1.29, 1.82) is 0 Å².